The molecule has 3 aromatic rings. The minimum absolute atomic E-state index is 0.196. The first-order valence-corrected chi connectivity index (χ1v) is 13.3. The SMILES string of the molecule is O=C(COC(=O)c1ccc2c3c1[C@H]1C=CC[C@H]1CN3C[C@@H]1CC=C[C@@H]21)c1ccc(-c2ccccc2)cc1. The molecule has 2 aliphatic heterocycles. The summed E-state index contributed by atoms with van der Waals surface area (Å²) in [5.74, 6) is 1.17. The van der Waals surface area contributed by atoms with E-state index in [0.29, 0.717) is 28.9 Å². The first-order chi connectivity index (χ1) is 18.2. The fourth-order valence-corrected chi connectivity index (χ4v) is 6.83. The van der Waals surface area contributed by atoms with E-state index in [1.54, 1.807) is 12.1 Å². The van der Waals surface area contributed by atoms with Gasteiger partial charge in [-0.25, -0.2) is 4.79 Å². The van der Waals surface area contributed by atoms with Crippen LogP contribution in [0.1, 0.15) is 56.5 Å². The first kappa shape index (κ1) is 22.3. The van der Waals surface area contributed by atoms with Crippen LogP contribution in [-0.4, -0.2) is 31.4 Å². The van der Waals surface area contributed by atoms with Gasteiger partial charge in [0.15, 0.2) is 12.4 Å². The van der Waals surface area contributed by atoms with Gasteiger partial charge in [0.05, 0.1) is 5.56 Å². The lowest BCUT2D eigenvalue weighted by atomic mass is 9.73. The number of carbonyl (C=O) groups excluding carboxylic acids is 2. The summed E-state index contributed by atoms with van der Waals surface area (Å²) >= 11 is 0. The van der Waals surface area contributed by atoms with Crippen LogP contribution in [0.2, 0.25) is 0 Å². The minimum Gasteiger partial charge on any atom is -0.454 e. The van der Waals surface area contributed by atoms with Crippen LogP contribution in [0.15, 0.2) is 91.0 Å². The number of fused-ring (bicyclic) bond motifs is 4. The molecule has 0 fully saturated rings. The molecule has 184 valence electrons. The molecule has 0 N–H and O–H groups in total. The van der Waals surface area contributed by atoms with Crippen molar-refractivity contribution in [3.8, 4) is 11.1 Å². The zero-order valence-electron chi connectivity index (χ0n) is 20.7. The van der Waals surface area contributed by atoms with E-state index in [4.69, 9.17) is 4.74 Å². The molecule has 7 rings (SSSR count). The summed E-state index contributed by atoms with van der Waals surface area (Å²) in [6.45, 7) is 1.81. The maximum atomic E-state index is 13.4. The van der Waals surface area contributed by atoms with Gasteiger partial charge >= 0.3 is 5.97 Å². The maximum absolute atomic E-state index is 13.4. The monoisotopic (exact) mass is 487 g/mol. The zero-order valence-corrected chi connectivity index (χ0v) is 20.7. The van der Waals surface area contributed by atoms with Gasteiger partial charge in [0.1, 0.15) is 0 Å². The Kier molecular flexibility index (Phi) is 5.35. The number of allylic oxidation sites excluding steroid dienone is 4. The standard InChI is InChI=1S/C33H29NO3/c35-30(23-14-12-22(13-15-23)21-6-2-1-3-7-21)20-37-33(36)29-17-16-28-26-10-4-8-24(26)18-34-19-25-9-5-11-27(25)31(29)32(28)34/h1-7,10-17,24-27H,8-9,18-20H2/t24-,25-,26+,27-/m0/s1. The Morgan fingerprint density at radius 3 is 2.22 bits per heavy atom. The molecular weight excluding hydrogens is 458 g/mol. The lowest BCUT2D eigenvalue weighted by molar-refractivity contribution is 0.0473. The third-order valence-corrected chi connectivity index (χ3v) is 8.62. The number of ketones is 1. The summed E-state index contributed by atoms with van der Waals surface area (Å²) in [5, 5.41) is 0. The van der Waals surface area contributed by atoms with E-state index in [1.165, 1.54) is 11.3 Å². The second kappa shape index (κ2) is 8.88. The highest BCUT2D eigenvalue weighted by molar-refractivity contribution is 6.00. The van der Waals surface area contributed by atoms with Crippen LogP contribution in [0, 0.1) is 11.8 Å². The van der Waals surface area contributed by atoms with Crippen LogP contribution < -0.4 is 4.90 Å². The van der Waals surface area contributed by atoms with Crippen molar-refractivity contribution in [2.45, 2.75) is 24.7 Å². The third kappa shape index (κ3) is 3.74. The molecule has 4 atom stereocenters. The minimum atomic E-state index is -0.406. The number of benzene rings is 3. The summed E-state index contributed by atoms with van der Waals surface area (Å²) in [6.07, 6.45) is 11.3. The zero-order chi connectivity index (χ0) is 24.9. The second-order valence-electron chi connectivity index (χ2n) is 10.7. The lowest BCUT2D eigenvalue weighted by Gasteiger charge is -2.46. The summed E-state index contributed by atoms with van der Waals surface area (Å²) in [6, 6.07) is 21.6. The van der Waals surface area contributed by atoms with Gasteiger partial charge in [0, 0.05) is 36.2 Å². The number of hydrogen-bond acceptors (Lipinski definition) is 4. The van der Waals surface area contributed by atoms with Gasteiger partial charge < -0.3 is 9.64 Å². The van der Waals surface area contributed by atoms with Crippen molar-refractivity contribution < 1.29 is 14.3 Å². The van der Waals surface area contributed by atoms with E-state index in [2.05, 4.69) is 35.3 Å². The van der Waals surface area contributed by atoms with Gasteiger partial charge in [-0.2, -0.15) is 0 Å². The number of anilines is 1. The van der Waals surface area contributed by atoms with E-state index in [-0.39, 0.29) is 18.3 Å². The van der Waals surface area contributed by atoms with Crippen LogP contribution in [0.3, 0.4) is 0 Å². The molecule has 0 bridgehead atoms. The summed E-state index contributed by atoms with van der Waals surface area (Å²) in [5.41, 5.74) is 6.97. The van der Waals surface area contributed by atoms with Crippen LogP contribution in [0.4, 0.5) is 5.69 Å². The highest BCUT2D eigenvalue weighted by atomic mass is 16.5. The van der Waals surface area contributed by atoms with Gasteiger partial charge in [-0.15, -0.1) is 0 Å². The Morgan fingerprint density at radius 1 is 0.784 bits per heavy atom. The van der Waals surface area contributed by atoms with E-state index in [9.17, 15) is 9.59 Å². The van der Waals surface area contributed by atoms with Crippen molar-refractivity contribution in [1.82, 2.24) is 0 Å². The van der Waals surface area contributed by atoms with Crippen molar-refractivity contribution in [3.63, 3.8) is 0 Å². The Hall–Kier alpha value is -3.92. The van der Waals surface area contributed by atoms with Crippen molar-refractivity contribution >= 4 is 17.4 Å². The molecule has 0 saturated heterocycles. The van der Waals surface area contributed by atoms with Gasteiger partial charge in [0.25, 0.3) is 0 Å². The average Bonchev–Trinajstić information content (AvgIpc) is 3.62. The fraction of sp³-hybridized carbons (Fsp3) is 0.273. The van der Waals surface area contributed by atoms with E-state index in [0.717, 1.165) is 42.6 Å². The highest BCUT2D eigenvalue weighted by Crippen LogP contribution is 2.53. The van der Waals surface area contributed by atoms with Crippen molar-refractivity contribution in [2.24, 2.45) is 11.8 Å². The Bertz CT molecular complexity index is 1430. The molecule has 2 heterocycles. The second-order valence-corrected chi connectivity index (χ2v) is 10.7. The molecule has 4 aliphatic rings. The fourth-order valence-electron chi connectivity index (χ4n) is 6.83. The van der Waals surface area contributed by atoms with E-state index < -0.39 is 5.97 Å². The van der Waals surface area contributed by atoms with Crippen molar-refractivity contribution in [1.29, 1.82) is 0 Å². The average molecular weight is 488 g/mol. The van der Waals surface area contributed by atoms with Gasteiger partial charge in [0.2, 0.25) is 0 Å². The van der Waals surface area contributed by atoms with Gasteiger partial charge in [-0.3, -0.25) is 4.79 Å². The number of esters is 1. The van der Waals surface area contributed by atoms with Crippen LogP contribution >= 0.6 is 0 Å². The van der Waals surface area contributed by atoms with Crippen molar-refractivity contribution in [2.75, 3.05) is 24.6 Å². The quantitative estimate of drug-likeness (QED) is 0.233. The molecule has 4 nitrogen and oxygen atoms in total. The molecule has 3 aromatic carbocycles. The van der Waals surface area contributed by atoms with Crippen molar-refractivity contribution in [3.05, 3.63) is 113 Å². The molecule has 0 saturated carbocycles. The van der Waals surface area contributed by atoms with Gasteiger partial charge in [-0.05, 0) is 53.0 Å². The summed E-state index contributed by atoms with van der Waals surface area (Å²) < 4.78 is 5.64. The number of ether oxygens (including phenoxy) is 1. The Morgan fingerprint density at radius 2 is 1.46 bits per heavy atom. The Balaban J connectivity index is 1.13. The van der Waals surface area contributed by atoms with E-state index >= 15 is 0 Å². The highest BCUT2D eigenvalue weighted by Gasteiger charge is 2.44. The van der Waals surface area contributed by atoms with E-state index in [1.807, 2.05) is 48.5 Å². The molecular formula is C33H29NO3. The summed E-state index contributed by atoms with van der Waals surface area (Å²) in [7, 11) is 0. The molecule has 0 aromatic heterocycles. The number of rotatable bonds is 5. The molecule has 0 unspecified atom stereocenters. The first-order valence-electron chi connectivity index (χ1n) is 13.3. The molecule has 4 heteroatoms. The molecule has 37 heavy (non-hydrogen) atoms. The Labute approximate surface area is 217 Å². The molecule has 0 spiro atoms. The van der Waals surface area contributed by atoms with Crippen LogP contribution in [0.25, 0.3) is 11.1 Å². The van der Waals surface area contributed by atoms with Gasteiger partial charge in [-0.1, -0.05) is 85.0 Å². The number of Topliss-reactive ketones (excluding diaryl/α,β-unsaturated/α-hetero) is 1. The maximum Gasteiger partial charge on any atom is 0.338 e. The normalized spacial score (nSPS) is 24.4. The largest absolute Gasteiger partial charge is 0.454 e. The molecule has 0 radical (unpaired) electrons. The smallest absolute Gasteiger partial charge is 0.338 e. The number of nitrogens with zero attached hydrogens (tertiary/aromatic N) is 1. The summed E-state index contributed by atoms with van der Waals surface area (Å²) in [4.78, 5) is 28.8. The number of hydrogen-bond donors (Lipinski definition) is 0. The lowest BCUT2D eigenvalue weighted by Crippen LogP contribution is -2.44. The third-order valence-electron chi connectivity index (χ3n) is 8.62. The number of carbonyl (C=O) groups is 2. The topological polar surface area (TPSA) is 46.6 Å². The van der Waals surface area contributed by atoms with Crippen LogP contribution in [-0.2, 0) is 4.74 Å². The molecule has 2 aliphatic carbocycles. The molecule has 0 amide bonds. The predicted octanol–water partition coefficient (Wildman–Crippen LogP) is 6.55. The predicted molar refractivity (Wildman–Crippen MR) is 145 cm³/mol. The van der Waals surface area contributed by atoms with Crippen LogP contribution in [0.5, 0.6) is 0 Å².